The van der Waals surface area contributed by atoms with Crippen molar-refractivity contribution in [3.05, 3.63) is 28.1 Å². The lowest BCUT2D eigenvalue weighted by Gasteiger charge is -2.05. The quantitative estimate of drug-likeness (QED) is 0.636. The highest BCUT2D eigenvalue weighted by molar-refractivity contribution is 8.01. The molecular formula is C12H11FN4O3S2. The van der Waals surface area contributed by atoms with Crippen LogP contribution in [0, 0.1) is 15.9 Å². The molecule has 0 saturated heterocycles. The fourth-order valence-corrected chi connectivity index (χ4v) is 3.67. The first kappa shape index (κ1) is 15.0. The molecule has 1 aromatic carbocycles. The van der Waals surface area contributed by atoms with Gasteiger partial charge in [-0.3, -0.25) is 10.1 Å². The normalized spacial score (nSPS) is 13.9. The van der Waals surface area contributed by atoms with Gasteiger partial charge in [-0.15, -0.1) is 10.2 Å². The van der Waals surface area contributed by atoms with Gasteiger partial charge in [0.05, 0.1) is 16.9 Å². The van der Waals surface area contributed by atoms with Crippen LogP contribution in [0.15, 0.2) is 21.4 Å². The Hall–Kier alpha value is -1.94. The van der Waals surface area contributed by atoms with E-state index in [0.717, 1.165) is 30.7 Å². The summed E-state index contributed by atoms with van der Waals surface area (Å²) in [6, 6.07) is 2.85. The molecule has 1 saturated carbocycles. The van der Waals surface area contributed by atoms with Crippen molar-refractivity contribution in [1.29, 1.82) is 0 Å². The molecule has 0 amide bonds. The largest absolute Gasteiger partial charge is 0.497 e. The molecule has 116 valence electrons. The van der Waals surface area contributed by atoms with Crippen LogP contribution >= 0.6 is 23.1 Å². The van der Waals surface area contributed by atoms with E-state index in [0.29, 0.717) is 15.5 Å². The molecule has 0 unspecified atom stereocenters. The molecule has 2 aromatic rings. The van der Waals surface area contributed by atoms with E-state index in [2.05, 4.69) is 15.5 Å². The van der Waals surface area contributed by atoms with Crippen molar-refractivity contribution in [3.8, 4) is 5.75 Å². The zero-order valence-electron chi connectivity index (χ0n) is 11.4. The van der Waals surface area contributed by atoms with E-state index >= 15 is 0 Å². The van der Waals surface area contributed by atoms with Gasteiger partial charge in [-0.1, -0.05) is 11.3 Å². The van der Waals surface area contributed by atoms with Crippen LogP contribution in [0.2, 0.25) is 0 Å². The summed E-state index contributed by atoms with van der Waals surface area (Å²) >= 11 is 2.28. The first-order valence-corrected chi connectivity index (χ1v) is 8.00. The number of anilines is 1. The Kier molecular flexibility index (Phi) is 4.12. The Bertz CT molecular complexity index is 720. The monoisotopic (exact) mass is 342 g/mol. The molecule has 0 bridgehead atoms. The number of rotatable bonds is 6. The number of ether oxygens (including phenoxy) is 1. The topological polar surface area (TPSA) is 90.2 Å². The molecule has 22 heavy (non-hydrogen) atoms. The van der Waals surface area contributed by atoms with E-state index in [4.69, 9.17) is 4.74 Å². The Morgan fingerprint density at radius 3 is 2.91 bits per heavy atom. The number of nitrogens with one attached hydrogen (secondary N) is 1. The molecular weight excluding hydrogens is 331 g/mol. The maximum atomic E-state index is 13.9. The Morgan fingerprint density at radius 2 is 2.27 bits per heavy atom. The number of halogens is 1. The highest BCUT2D eigenvalue weighted by atomic mass is 32.2. The van der Waals surface area contributed by atoms with Gasteiger partial charge in [0.2, 0.25) is 10.9 Å². The van der Waals surface area contributed by atoms with Crippen LogP contribution in [0.25, 0.3) is 0 Å². The van der Waals surface area contributed by atoms with Gasteiger partial charge in [0.15, 0.2) is 4.34 Å². The van der Waals surface area contributed by atoms with Crippen molar-refractivity contribution in [1.82, 2.24) is 10.2 Å². The van der Waals surface area contributed by atoms with E-state index in [1.165, 1.54) is 24.5 Å². The predicted molar refractivity (Wildman–Crippen MR) is 80.3 cm³/mol. The number of nitro groups is 1. The van der Waals surface area contributed by atoms with Gasteiger partial charge in [-0.25, -0.2) is 0 Å². The van der Waals surface area contributed by atoms with Crippen molar-refractivity contribution in [2.24, 2.45) is 0 Å². The van der Waals surface area contributed by atoms with E-state index < -0.39 is 16.4 Å². The van der Waals surface area contributed by atoms with E-state index in [1.807, 2.05) is 0 Å². The maximum Gasteiger partial charge on any atom is 0.318 e. The van der Waals surface area contributed by atoms with Crippen molar-refractivity contribution in [2.75, 3.05) is 12.4 Å². The predicted octanol–water partition coefficient (Wildman–Crippen LogP) is 3.32. The van der Waals surface area contributed by atoms with Gasteiger partial charge in [-0.2, -0.15) is 4.39 Å². The maximum absolute atomic E-state index is 13.9. The summed E-state index contributed by atoms with van der Waals surface area (Å²) in [6.45, 7) is 0. The molecule has 1 heterocycles. The van der Waals surface area contributed by atoms with E-state index in [1.54, 1.807) is 0 Å². The highest BCUT2D eigenvalue weighted by Crippen LogP contribution is 2.41. The second kappa shape index (κ2) is 6.05. The van der Waals surface area contributed by atoms with Gasteiger partial charge >= 0.3 is 5.69 Å². The molecule has 3 rings (SSSR count). The molecule has 1 fully saturated rings. The minimum atomic E-state index is -0.937. The summed E-state index contributed by atoms with van der Waals surface area (Å²) in [5.41, 5.74) is -0.585. The first-order chi connectivity index (χ1) is 10.6. The zero-order chi connectivity index (χ0) is 15.7. The second-order valence-electron chi connectivity index (χ2n) is 4.61. The van der Waals surface area contributed by atoms with Crippen molar-refractivity contribution in [3.63, 3.8) is 0 Å². The molecule has 0 radical (unpaired) electrons. The third-order valence-electron chi connectivity index (χ3n) is 2.93. The van der Waals surface area contributed by atoms with Crippen molar-refractivity contribution in [2.45, 2.75) is 28.1 Å². The summed E-state index contributed by atoms with van der Waals surface area (Å²) in [7, 11) is 1.37. The summed E-state index contributed by atoms with van der Waals surface area (Å²) < 4.78 is 19.3. The molecule has 1 aromatic heterocycles. The lowest BCUT2D eigenvalue weighted by molar-refractivity contribution is -0.390. The van der Waals surface area contributed by atoms with Crippen LogP contribution < -0.4 is 10.1 Å². The standard InChI is InChI=1S/C12H11FN4O3S2/c1-20-7-4-8(13)10(17(18)19)9(5-7)21-12-16-15-11(22-12)14-6-2-3-6/h4-6H,2-3H2,1H3,(H,14,15). The average molecular weight is 342 g/mol. The van der Waals surface area contributed by atoms with Crippen LogP contribution in [-0.4, -0.2) is 28.3 Å². The van der Waals surface area contributed by atoms with Gasteiger partial charge in [-0.05, 0) is 24.6 Å². The van der Waals surface area contributed by atoms with E-state index in [-0.39, 0.29) is 10.6 Å². The number of nitrogens with zero attached hydrogens (tertiary/aromatic N) is 3. The smallest absolute Gasteiger partial charge is 0.318 e. The lowest BCUT2D eigenvalue weighted by atomic mass is 10.3. The third-order valence-corrected chi connectivity index (χ3v) is 4.87. The summed E-state index contributed by atoms with van der Waals surface area (Å²) in [5, 5.41) is 22.8. The Labute approximate surface area is 133 Å². The fraction of sp³-hybridized carbons (Fsp3) is 0.333. The number of methoxy groups -OCH3 is 1. The van der Waals surface area contributed by atoms with Crippen LogP contribution in [0.1, 0.15) is 12.8 Å². The van der Waals surface area contributed by atoms with Crippen molar-refractivity contribution >= 4 is 33.9 Å². The number of aromatic nitrogens is 2. The molecule has 0 spiro atoms. The van der Waals surface area contributed by atoms with Gasteiger partial charge in [0.1, 0.15) is 5.75 Å². The minimum Gasteiger partial charge on any atom is -0.497 e. The Balaban J connectivity index is 1.87. The minimum absolute atomic E-state index is 0.135. The van der Waals surface area contributed by atoms with Gasteiger partial charge < -0.3 is 10.1 Å². The molecule has 7 nitrogen and oxygen atoms in total. The molecule has 10 heteroatoms. The number of hydrogen-bond donors (Lipinski definition) is 1. The highest BCUT2D eigenvalue weighted by Gasteiger charge is 2.25. The average Bonchev–Trinajstić information content (AvgIpc) is 3.16. The number of nitro benzene ring substituents is 1. The zero-order valence-corrected chi connectivity index (χ0v) is 13.0. The third kappa shape index (κ3) is 3.28. The molecule has 1 aliphatic carbocycles. The molecule has 0 aliphatic heterocycles. The van der Waals surface area contributed by atoms with Crippen LogP contribution in [-0.2, 0) is 0 Å². The van der Waals surface area contributed by atoms with Crippen LogP contribution in [0.4, 0.5) is 15.2 Å². The molecule has 1 aliphatic rings. The first-order valence-electron chi connectivity index (χ1n) is 6.36. The van der Waals surface area contributed by atoms with Crippen molar-refractivity contribution < 1.29 is 14.1 Å². The summed E-state index contributed by atoms with van der Waals surface area (Å²) in [6.07, 6.45) is 2.21. The number of benzene rings is 1. The van der Waals surface area contributed by atoms with Gasteiger partial charge in [0.25, 0.3) is 0 Å². The van der Waals surface area contributed by atoms with Crippen LogP contribution in [0.5, 0.6) is 5.75 Å². The van der Waals surface area contributed by atoms with Crippen LogP contribution in [0.3, 0.4) is 0 Å². The van der Waals surface area contributed by atoms with Gasteiger partial charge in [0, 0.05) is 18.2 Å². The summed E-state index contributed by atoms with van der Waals surface area (Å²) in [4.78, 5) is 10.4. The summed E-state index contributed by atoms with van der Waals surface area (Å²) in [5.74, 6) is -0.723. The fourth-order valence-electron chi connectivity index (χ4n) is 1.73. The molecule has 0 atom stereocenters. The lowest BCUT2D eigenvalue weighted by Crippen LogP contribution is -1.99. The SMILES string of the molecule is COc1cc(F)c([N+](=O)[O-])c(Sc2nnc(NC3CC3)s2)c1. The number of hydrogen-bond acceptors (Lipinski definition) is 8. The van der Waals surface area contributed by atoms with E-state index in [9.17, 15) is 14.5 Å². The second-order valence-corrected chi connectivity index (χ2v) is 6.87. The Morgan fingerprint density at radius 1 is 1.50 bits per heavy atom. The molecule has 1 N–H and O–H groups in total.